The highest BCUT2D eigenvalue weighted by Crippen LogP contribution is 2.18. The summed E-state index contributed by atoms with van der Waals surface area (Å²) < 4.78 is 12.8. The number of hydrogen-bond acceptors (Lipinski definition) is 5. The fraction of sp³-hybridized carbons (Fsp3) is 0.357. The minimum absolute atomic E-state index is 0.174. The molecular weight excluding hydrogens is 307 g/mol. The molecule has 2 rings (SSSR count). The summed E-state index contributed by atoms with van der Waals surface area (Å²) in [7, 11) is 0. The summed E-state index contributed by atoms with van der Waals surface area (Å²) in [6.45, 7) is 3.23. The number of nitrogens with one attached hydrogen (secondary N) is 2. The molecule has 0 saturated heterocycles. The Balaban J connectivity index is 1.94. The van der Waals surface area contributed by atoms with E-state index in [2.05, 4.69) is 20.8 Å². The Bertz CT molecular complexity index is 643. The smallest absolute Gasteiger partial charge is 0.321 e. The van der Waals surface area contributed by atoms with Gasteiger partial charge in [0.05, 0.1) is 12.1 Å². The Hall–Kier alpha value is -2.06. The third kappa shape index (κ3) is 4.74. The minimum Gasteiger partial charge on any atom is -0.394 e. The van der Waals surface area contributed by atoms with Gasteiger partial charge in [-0.1, -0.05) is 23.5 Å². The number of rotatable bonds is 5. The zero-order valence-corrected chi connectivity index (χ0v) is 13.1. The van der Waals surface area contributed by atoms with Gasteiger partial charge in [-0.3, -0.25) is 5.32 Å². The molecule has 0 bridgehead atoms. The summed E-state index contributed by atoms with van der Waals surface area (Å²) in [4.78, 5) is 11.8. The van der Waals surface area contributed by atoms with E-state index in [1.807, 2.05) is 0 Å². The molecule has 0 atom stereocenters. The average Bonchev–Trinajstić information content (AvgIpc) is 2.88. The van der Waals surface area contributed by atoms with Gasteiger partial charge in [0.2, 0.25) is 5.13 Å². The van der Waals surface area contributed by atoms with Crippen molar-refractivity contribution in [3.63, 3.8) is 0 Å². The van der Waals surface area contributed by atoms with Gasteiger partial charge >= 0.3 is 6.03 Å². The molecule has 0 saturated carbocycles. The number of carbonyl (C=O) groups is 1. The van der Waals surface area contributed by atoms with Crippen molar-refractivity contribution in [2.24, 2.45) is 0 Å². The van der Waals surface area contributed by atoms with Gasteiger partial charge in [0, 0.05) is 6.42 Å². The van der Waals surface area contributed by atoms with Crippen LogP contribution in [0, 0.1) is 5.82 Å². The van der Waals surface area contributed by atoms with Crippen molar-refractivity contribution in [1.82, 2.24) is 15.5 Å². The highest BCUT2D eigenvalue weighted by Gasteiger charge is 2.19. The number of nitrogens with zero attached hydrogens (tertiary/aromatic N) is 2. The Morgan fingerprint density at radius 3 is 2.64 bits per heavy atom. The molecule has 1 aromatic carbocycles. The average molecular weight is 324 g/mol. The lowest BCUT2D eigenvalue weighted by Crippen LogP contribution is -2.48. The van der Waals surface area contributed by atoms with Crippen molar-refractivity contribution in [2.75, 3.05) is 11.9 Å². The van der Waals surface area contributed by atoms with Crippen molar-refractivity contribution in [3.8, 4) is 0 Å². The maximum Gasteiger partial charge on any atom is 0.321 e. The third-order valence-electron chi connectivity index (χ3n) is 2.80. The summed E-state index contributed by atoms with van der Waals surface area (Å²) in [6.07, 6.45) is 0.517. The summed E-state index contributed by atoms with van der Waals surface area (Å²) in [6, 6.07) is 5.68. The molecule has 0 aliphatic rings. The number of carbonyl (C=O) groups excluding carboxylic acids is 1. The maximum atomic E-state index is 12.8. The summed E-state index contributed by atoms with van der Waals surface area (Å²) in [5, 5.41) is 23.2. The Morgan fingerprint density at radius 1 is 1.32 bits per heavy atom. The number of aromatic nitrogens is 2. The lowest BCUT2D eigenvalue weighted by Gasteiger charge is -2.22. The molecule has 1 heterocycles. The van der Waals surface area contributed by atoms with E-state index in [0.717, 1.165) is 5.56 Å². The largest absolute Gasteiger partial charge is 0.394 e. The lowest BCUT2D eigenvalue weighted by molar-refractivity contribution is 0.187. The van der Waals surface area contributed by atoms with Gasteiger partial charge in [-0.25, -0.2) is 9.18 Å². The van der Waals surface area contributed by atoms with E-state index in [9.17, 15) is 9.18 Å². The second-order valence-corrected chi connectivity index (χ2v) is 6.49. The zero-order valence-electron chi connectivity index (χ0n) is 12.3. The first kappa shape index (κ1) is 16.3. The molecule has 0 aliphatic heterocycles. The second-order valence-electron chi connectivity index (χ2n) is 5.43. The molecule has 8 heteroatoms. The Labute approximate surface area is 131 Å². The number of amides is 2. The number of halogens is 1. The lowest BCUT2D eigenvalue weighted by atomic mass is 10.1. The highest BCUT2D eigenvalue weighted by molar-refractivity contribution is 7.15. The SMILES string of the molecule is CC(C)(CO)NC(=O)Nc1nnc(Cc2ccc(F)cc2)s1. The number of urea groups is 1. The van der Waals surface area contributed by atoms with E-state index in [0.29, 0.717) is 16.6 Å². The van der Waals surface area contributed by atoms with E-state index in [1.54, 1.807) is 26.0 Å². The van der Waals surface area contributed by atoms with Crippen LogP contribution in [-0.2, 0) is 6.42 Å². The molecule has 0 spiro atoms. The normalized spacial score (nSPS) is 11.3. The van der Waals surface area contributed by atoms with Crippen LogP contribution < -0.4 is 10.6 Å². The van der Waals surface area contributed by atoms with Gasteiger partial charge in [-0.05, 0) is 31.5 Å². The molecule has 2 amide bonds. The summed E-state index contributed by atoms with van der Waals surface area (Å²) in [5.41, 5.74) is 0.195. The van der Waals surface area contributed by atoms with Crippen LogP contribution in [0.15, 0.2) is 24.3 Å². The Kier molecular flexibility index (Phi) is 5.04. The van der Waals surface area contributed by atoms with Crippen molar-refractivity contribution in [2.45, 2.75) is 25.8 Å². The molecule has 118 valence electrons. The number of aliphatic hydroxyl groups is 1. The van der Waals surface area contributed by atoms with Crippen LogP contribution in [0.2, 0.25) is 0 Å². The highest BCUT2D eigenvalue weighted by atomic mass is 32.1. The van der Waals surface area contributed by atoms with Gasteiger partial charge in [0.1, 0.15) is 10.8 Å². The molecule has 1 aromatic heterocycles. The fourth-order valence-corrected chi connectivity index (χ4v) is 2.40. The van der Waals surface area contributed by atoms with Crippen molar-refractivity contribution in [3.05, 3.63) is 40.7 Å². The fourth-order valence-electron chi connectivity index (χ4n) is 1.63. The first-order chi connectivity index (χ1) is 10.4. The predicted molar refractivity (Wildman–Crippen MR) is 82.4 cm³/mol. The van der Waals surface area contributed by atoms with E-state index in [1.165, 1.54) is 23.5 Å². The summed E-state index contributed by atoms with van der Waals surface area (Å²) in [5.74, 6) is -0.286. The maximum absolute atomic E-state index is 12.8. The number of aliphatic hydroxyl groups excluding tert-OH is 1. The first-order valence-corrected chi connectivity index (χ1v) is 7.46. The van der Waals surface area contributed by atoms with E-state index < -0.39 is 11.6 Å². The number of hydrogen-bond donors (Lipinski definition) is 3. The van der Waals surface area contributed by atoms with Crippen molar-refractivity contribution >= 4 is 22.5 Å². The molecule has 0 fully saturated rings. The topological polar surface area (TPSA) is 87.1 Å². The van der Waals surface area contributed by atoms with Crippen LogP contribution in [0.4, 0.5) is 14.3 Å². The predicted octanol–water partition coefficient (Wildman–Crippen LogP) is 2.16. The quantitative estimate of drug-likeness (QED) is 0.786. The third-order valence-corrected chi connectivity index (χ3v) is 3.64. The number of benzene rings is 1. The molecule has 0 aliphatic carbocycles. The van der Waals surface area contributed by atoms with E-state index in [4.69, 9.17) is 5.11 Å². The molecule has 0 radical (unpaired) electrons. The van der Waals surface area contributed by atoms with Crippen LogP contribution in [0.1, 0.15) is 24.4 Å². The molecular formula is C14H17FN4O2S. The van der Waals surface area contributed by atoms with Crippen LogP contribution in [0.25, 0.3) is 0 Å². The van der Waals surface area contributed by atoms with Crippen molar-refractivity contribution in [1.29, 1.82) is 0 Å². The first-order valence-electron chi connectivity index (χ1n) is 6.65. The summed E-state index contributed by atoms with van der Waals surface area (Å²) >= 11 is 1.24. The minimum atomic E-state index is -0.717. The van der Waals surface area contributed by atoms with Crippen LogP contribution >= 0.6 is 11.3 Å². The van der Waals surface area contributed by atoms with E-state index >= 15 is 0 Å². The van der Waals surface area contributed by atoms with Gasteiger partial charge in [0.15, 0.2) is 0 Å². The molecule has 22 heavy (non-hydrogen) atoms. The standard InChI is InChI=1S/C14H17FN4O2S/c1-14(2,8-20)17-12(21)16-13-19-18-11(22-13)7-9-3-5-10(15)6-4-9/h3-6,20H,7-8H2,1-2H3,(H2,16,17,19,21). The zero-order chi connectivity index (χ0) is 16.2. The van der Waals surface area contributed by atoms with Gasteiger partial charge < -0.3 is 10.4 Å². The van der Waals surface area contributed by atoms with Crippen LogP contribution in [-0.4, -0.2) is 33.5 Å². The molecule has 0 unspecified atom stereocenters. The number of anilines is 1. The van der Waals surface area contributed by atoms with Gasteiger partial charge in [-0.15, -0.1) is 10.2 Å². The van der Waals surface area contributed by atoms with Crippen LogP contribution in [0.5, 0.6) is 0 Å². The van der Waals surface area contributed by atoms with Gasteiger partial charge in [0.25, 0.3) is 0 Å². The van der Waals surface area contributed by atoms with E-state index in [-0.39, 0.29) is 12.4 Å². The molecule has 2 aromatic rings. The van der Waals surface area contributed by atoms with Crippen LogP contribution in [0.3, 0.4) is 0 Å². The monoisotopic (exact) mass is 324 g/mol. The van der Waals surface area contributed by atoms with Crippen molar-refractivity contribution < 1.29 is 14.3 Å². The molecule has 6 nitrogen and oxygen atoms in total. The Morgan fingerprint density at radius 2 is 2.00 bits per heavy atom. The van der Waals surface area contributed by atoms with Gasteiger partial charge in [-0.2, -0.15) is 0 Å². The second kappa shape index (κ2) is 6.80. The molecule has 3 N–H and O–H groups in total.